The van der Waals surface area contributed by atoms with Crippen molar-refractivity contribution in [2.45, 2.75) is 31.1 Å². The van der Waals surface area contributed by atoms with Crippen molar-refractivity contribution in [1.29, 1.82) is 0 Å². The Labute approximate surface area is 182 Å². The smallest absolute Gasteiger partial charge is 0.262 e. The van der Waals surface area contributed by atoms with Gasteiger partial charge in [0, 0.05) is 51.5 Å². The van der Waals surface area contributed by atoms with Gasteiger partial charge in [0.05, 0.1) is 6.33 Å². The zero-order valence-electron chi connectivity index (χ0n) is 17.6. The normalized spacial score (nSPS) is 17.5. The molecule has 0 fully saturated rings. The van der Waals surface area contributed by atoms with Crippen molar-refractivity contribution in [3.63, 3.8) is 0 Å². The van der Waals surface area contributed by atoms with Crippen molar-refractivity contribution in [2.75, 3.05) is 19.7 Å². The second-order valence-corrected chi connectivity index (χ2v) is 10.1. The topological polar surface area (TPSA) is 67.7 Å². The predicted octanol–water partition coefficient (Wildman–Crippen LogP) is 2.56. The summed E-state index contributed by atoms with van der Waals surface area (Å²) < 4.78 is 35.1. The molecule has 0 amide bonds. The summed E-state index contributed by atoms with van der Waals surface area (Å²) in [4.78, 5) is 6.48. The first-order valence-corrected chi connectivity index (χ1v) is 11.9. The lowest BCUT2D eigenvalue weighted by atomic mass is 9.99. The van der Waals surface area contributed by atoms with E-state index >= 15 is 0 Å². The summed E-state index contributed by atoms with van der Waals surface area (Å²) in [5.41, 5.74) is 4.88. The third-order valence-electron chi connectivity index (χ3n) is 5.97. The molecule has 5 rings (SSSR count). The van der Waals surface area contributed by atoms with Crippen molar-refractivity contribution >= 4 is 10.0 Å². The van der Waals surface area contributed by atoms with Gasteiger partial charge in [-0.1, -0.05) is 30.3 Å². The van der Waals surface area contributed by atoms with Crippen LogP contribution >= 0.6 is 0 Å². The number of sulfonamides is 1. The molecule has 3 heterocycles. The number of hydrogen-bond acceptors (Lipinski definition) is 5. The van der Waals surface area contributed by atoms with Crippen LogP contribution in [0, 0.1) is 0 Å². The summed E-state index contributed by atoms with van der Waals surface area (Å²) in [6.07, 6.45) is 4.09. The molecule has 0 aliphatic carbocycles. The van der Waals surface area contributed by atoms with Crippen molar-refractivity contribution in [3.05, 3.63) is 77.2 Å². The Hall–Kier alpha value is -2.68. The fourth-order valence-corrected chi connectivity index (χ4v) is 5.70. The van der Waals surface area contributed by atoms with E-state index in [4.69, 9.17) is 4.74 Å². The minimum Gasteiger partial charge on any atom is -0.492 e. The summed E-state index contributed by atoms with van der Waals surface area (Å²) >= 11 is 0. The van der Waals surface area contributed by atoms with Crippen LogP contribution in [0.25, 0.3) is 0 Å². The summed E-state index contributed by atoms with van der Waals surface area (Å²) in [5, 5.41) is 0.0709. The maximum absolute atomic E-state index is 13.1. The Morgan fingerprint density at radius 1 is 1.03 bits per heavy atom. The molecule has 0 atom stereocenters. The Bertz CT molecular complexity index is 1210. The first kappa shape index (κ1) is 20.2. The highest BCUT2D eigenvalue weighted by molar-refractivity contribution is 7.89. The highest BCUT2D eigenvalue weighted by Crippen LogP contribution is 2.28. The molecule has 0 spiro atoms. The van der Waals surface area contributed by atoms with Crippen LogP contribution in [0.4, 0.5) is 0 Å². The second kappa shape index (κ2) is 8.11. The van der Waals surface area contributed by atoms with E-state index in [0.29, 0.717) is 13.2 Å². The van der Waals surface area contributed by atoms with Crippen LogP contribution in [0.2, 0.25) is 0 Å². The molecule has 162 valence electrons. The maximum Gasteiger partial charge on any atom is 0.262 e. The van der Waals surface area contributed by atoms with E-state index in [1.807, 2.05) is 6.07 Å². The van der Waals surface area contributed by atoms with Gasteiger partial charge >= 0.3 is 0 Å². The molecule has 0 radical (unpaired) electrons. The highest BCUT2D eigenvalue weighted by atomic mass is 32.2. The molecule has 31 heavy (non-hydrogen) atoms. The number of hydrogen-bond donors (Lipinski definition) is 0. The maximum atomic E-state index is 13.1. The zero-order valence-corrected chi connectivity index (χ0v) is 18.4. The average molecular weight is 439 g/mol. The van der Waals surface area contributed by atoms with Gasteiger partial charge < -0.3 is 9.30 Å². The van der Waals surface area contributed by atoms with Gasteiger partial charge in [-0.2, -0.15) is 4.31 Å². The molecule has 0 saturated heterocycles. The minimum atomic E-state index is -3.67. The van der Waals surface area contributed by atoms with E-state index in [1.54, 1.807) is 11.6 Å². The fraction of sp³-hybridized carbons (Fsp3) is 0.348. The van der Waals surface area contributed by atoms with Crippen molar-refractivity contribution in [3.8, 4) is 5.75 Å². The van der Waals surface area contributed by atoms with Crippen molar-refractivity contribution < 1.29 is 13.2 Å². The molecular formula is C23H26N4O3S. The number of ether oxygens (including phenoxy) is 1. The Morgan fingerprint density at radius 2 is 1.87 bits per heavy atom. The Balaban J connectivity index is 1.35. The van der Waals surface area contributed by atoms with Crippen molar-refractivity contribution in [2.24, 2.45) is 7.05 Å². The van der Waals surface area contributed by atoms with Gasteiger partial charge in [0.25, 0.3) is 10.0 Å². The summed E-state index contributed by atoms with van der Waals surface area (Å²) in [6.45, 7) is 3.68. The minimum absolute atomic E-state index is 0.0709. The SMILES string of the molecule is Cn1cnc(S(=O)(=O)N2CCOc3ccc(CN4CCc5ccccc5C4)cc3C2)c1. The molecule has 0 bridgehead atoms. The van der Waals surface area contributed by atoms with Crippen LogP contribution in [0.3, 0.4) is 0 Å². The van der Waals surface area contributed by atoms with Gasteiger partial charge in [-0.15, -0.1) is 0 Å². The van der Waals surface area contributed by atoms with Crippen molar-refractivity contribution in [1.82, 2.24) is 18.8 Å². The van der Waals surface area contributed by atoms with E-state index in [1.165, 1.54) is 33.5 Å². The van der Waals surface area contributed by atoms with Crippen LogP contribution in [0.1, 0.15) is 22.3 Å². The van der Waals surface area contributed by atoms with Gasteiger partial charge in [-0.25, -0.2) is 13.4 Å². The lowest BCUT2D eigenvalue weighted by molar-refractivity contribution is 0.245. The zero-order chi connectivity index (χ0) is 21.4. The number of aromatic nitrogens is 2. The molecule has 8 heteroatoms. The lowest BCUT2D eigenvalue weighted by Gasteiger charge is -2.29. The molecule has 0 N–H and O–H groups in total. The lowest BCUT2D eigenvalue weighted by Crippen LogP contribution is -2.32. The number of imidazole rings is 1. The fourth-order valence-electron chi connectivity index (χ4n) is 4.33. The van der Waals surface area contributed by atoms with Gasteiger partial charge in [-0.05, 0) is 35.2 Å². The first-order chi connectivity index (χ1) is 15.0. The third kappa shape index (κ3) is 4.11. The summed E-state index contributed by atoms with van der Waals surface area (Å²) in [7, 11) is -1.91. The first-order valence-electron chi connectivity index (χ1n) is 10.5. The number of fused-ring (bicyclic) bond motifs is 2. The molecular weight excluding hydrogens is 412 g/mol. The van der Waals surface area contributed by atoms with E-state index in [0.717, 1.165) is 37.4 Å². The van der Waals surface area contributed by atoms with Gasteiger partial charge in [-0.3, -0.25) is 4.90 Å². The summed E-state index contributed by atoms with van der Waals surface area (Å²) in [5.74, 6) is 0.756. The monoisotopic (exact) mass is 438 g/mol. The van der Waals surface area contributed by atoms with Gasteiger partial charge in [0.2, 0.25) is 0 Å². The predicted molar refractivity (Wildman–Crippen MR) is 117 cm³/mol. The average Bonchev–Trinajstić information content (AvgIpc) is 3.09. The quantitative estimate of drug-likeness (QED) is 0.626. The highest BCUT2D eigenvalue weighted by Gasteiger charge is 2.29. The van der Waals surface area contributed by atoms with E-state index < -0.39 is 10.0 Å². The molecule has 2 aliphatic heterocycles. The molecule has 2 aromatic carbocycles. The van der Waals surface area contributed by atoms with Crippen LogP contribution < -0.4 is 4.74 Å². The number of aryl methyl sites for hydroxylation is 1. The Kier molecular flexibility index (Phi) is 5.29. The van der Waals surface area contributed by atoms with Gasteiger partial charge in [0.1, 0.15) is 12.4 Å². The molecule has 0 saturated carbocycles. The number of nitrogens with zero attached hydrogens (tertiary/aromatic N) is 4. The van der Waals surface area contributed by atoms with Crippen LogP contribution in [-0.2, 0) is 43.1 Å². The van der Waals surface area contributed by atoms with Crippen LogP contribution in [0.15, 0.2) is 60.0 Å². The van der Waals surface area contributed by atoms with E-state index in [2.05, 4.69) is 46.3 Å². The molecule has 0 unspecified atom stereocenters. The van der Waals surface area contributed by atoms with E-state index in [-0.39, 0.29) is 11.6 Å². The number of benzene rings is 2. The molecule has 1 aromatic heterocycles. The molecule has 3 aromatic rings. The van der Waals surface area contributed by atoms with E-state index in [9.17, 15) is 8.42 Å². The Morgan fingerprint density at radius 3 is 2.68 bits per heavy atom. The van der Waals surface area contributed by atoms with Gasteiger partial charge in [0.15, 0.2) is 5.03 Å². The second-order valence-electron chi connectivity index (χ2n) is 8.24. The summed E-state index contributed by atoms with van der Waals surface area (Å²) in [6, 6.07) is 14.8. The largest absolute Gasteiger partial charge is 0.492 e. The molecule has 2 aliphatic rings. The van der Waals surface area contributed by atoms with Crippen LogP contribution in [0.5, 0.6) is 5.75 Å². The van der Waals surface area contributed by atoms with Crippen LogP contribution in [-0.4, -0.2) is 46.9 Å². The number of rotatable bonds is 4. The third-order valence-corrected chi connectivity index (χ3v) is 7.70. The standard InChI is InChI=1S/C23H26N4O3S/c1-25-16-23(24-17-25)31(28,29)27-10-11-30-22-7-6-18(12-21(22)15-27)13-26-9-8-19-4-2-3-5-20(19)14-26/h2-7,12,16-17H,8-11,13-15H2,1H3. The molecule has 7 nitrogen and oxygen atoms in total.